The maximum absolute atomic E-state index is 11.9. The Kier molecular flexibility index (Phi) is 4.35. The fourth-order valence-electron chi connectivity index (χ4n) is 1.40. The van der Waals surface area contributed by atoms with Crippen molar-refractivity contribution >= 4 is 21.7 Å². The van der Waals surface area contributed by atoms with Gasteiger partial charge in [0.25, 0.3) is 0 Å². The number of hydrogen-bond donors (Lipinski definition) is 0. The van der Waals surface area contributed by atoms with Gasteiger partial charge in [-0.3, -0.25) is 4.79 Å². The second-order valence-corrected chi connectivity index (χ2v) is 4.47. The molecule has 0 aromatic heterocycles. The lowest BCUT2D eigenvalue weighted by atomic mass is 10.00. The molecular weight excluding hydrogens is 272 g/mol. The summed E-state index contributed by atoms with van der Waals surface area (Å²) in [6.07, 6.45) is 0. The van der Waals surface area contributed by atoms with E-state index >= 15 is 0 Å². The van der Waals surface area contributed by atoms with E-state index in [1.807, 2.05) is 13.8 Å². The summed E-state index contributed by atoms with van der Waals surface area (Å²) < 4.78 is 11.1. The Bertz CT molecular complexity index is 399. The number of halogens is 1. The molecule has 0 aliphatic carbocycles. The van der Waals surface area contributed by atoms with Gasteiger partial charge in [0.15, 0.2) is 5.78 Å². The van der Waals surface area contributed by atoms with E-state index in [1.165, 1.54) is 7.11 Å². The molecule has 1 aromatic carbocycles. The maximum atomic E-state index is 11.9. The number of carbonyl (C=O) groups excluding carboxylic acids is 1. The van der Waals surface area contributed by atoms with Crippen LogP contribution in [0.3, 0.4) is 0 Å². The van der Waals surface area contributed by atoms with E-state index in [4.69, 9.17) is 9.47 Å². The van der Waals surface area contributed by atoms with E-state index < -0.39 is 0 Å². The zero-order valence-electron chi connectivity index (χ0n) is 9.83. The van der Waals surface area contributed by atoms with Crippen LogP contribution in [0.5, 0.6) is 11.5 Å². The van der Waals surface area contributed by atoms with Crippen LogP contribution in [0.15, 0.2) is 16.6 Å². The van der Waals surface area contributed by atoms with E-state index in [0.717, 1.165) is 0 Å². The fourth-order valence-corrected chi connectivity index (χ4v) is 2.07. The Morgan fingerprint density at radius 1 is 1.25 bits per heavy atom. The van der Waals surface area contributed by atoms with Crippen LogP contribution in [0.1, 0.15) is 24.2 Å². The monoisotopic (exact) mass is 286 g/mol. The van der Waals surface area contributed by atoms with Crippen LogP contribution >= 0.6 is 15.9 Å². The molecule has 4 heteroatoms. The Hall–Kier alpha value is -1.03. The third-order valence-corrected chi connectivity index (χ3v) is 3.03. The van der Waals surface area contributed by atoms with Crippen molar-refractivity contribution in [3.63, 3.8) is 0 Å². The normalized spacial score (nSPS) is 10.4. The molecule has 0 aliphatic heterocycles. The number of Topliss-reactive ketones (excluding diaryl/α,β-unsaturated/α-hetero) is 1. The summed E-state index contributed by atoms with van der Waals surface area (Å²) in [6.45, 7) is 3.72. The fraction of sp³-hybridized carbons (Fsp3) is 0.417. The molecule has 3 nitrogen and oxygen atoms in total. The second kappa shape index (κ2) is 5.34. The smallest absolute Gasteiger partial charge is 0.169 e. The van der Waals surface area contributed by atoms with Gasteiger partial charge in [0.1, 0.15) is 16.0 Å². The van der Waals surface area contributed by atoms with Gasteiger partial charge in [0.05, 0.1) is 19.8 Å². The van der Waals surface area contributed by atoms with E-state index in [2.05, 4.69) is 15.9 Å². The Morgan fingerprint density at radius 2 is 1.88 bits per heavy atom. The highest BCUT2D eigenvalue weighted by Crippen LogP contribution is 2.37. The Labute approximate surface area is 104 Å². The number of methoxy groups -OCH3 is 2. The van der Waals surface area contributed by atoms with Gasteiger partial charge in [0, 0.05) is 5.92 Å². The van der Waals surface area contributed by atoms with E-state index in [0.29, 0.717) is 21.5 Å². The molecule has 1 rings (SSSR count). The van der Waals surface area contributed by atoms with Gasteiger partial charge in [0.2, 0.25) is 0 Å². The molecule has 0 spiro atoms. The predicted molar refractivity (Wildman–Crippen MR) is 66.4 cm³/mol. The second-order valence-electron chi connectivity index (χ2n) is 3.68. The molecule has 0 aliphatic rings. The number of hydrogen-bond acceptors (Lipinski definition) is 3. The lowest BCUT2D eigenvalue weighted by Gasteiger charge is -2.13. The molecule has 0 N–H and O–H groups in total. The van der Waals surface area contributed by atoms with Gasteiger partial charge < -0.3 is 9.47 Å². The summed E-state index contributed by atoms with van der Waals surface area (Å²) in [6, 6.07) is 3.48. The summed E-state index contributed by atoms with van der Waals surface area (Å²) in [7, 11) is 3.11. The van der Waals surface area contributed by atoms with Crippen LogP contribution in [0.25, 0.3) is 0 Å². The maximum Gasteiger partial charge on any atom is 0.169 e. The first-order chi connectivity index (χ1) is 7.52. The highest BCUT2D eigenvalue weighted by atomic mass is 79.9. The van der Waals surface area contributed by atoms with Crippen LogP contribution in [-0.4, -0.2) is 20.0 Å². The minimum atomic E-state index is -0.0609. The average Bonchev–Trinajstić information content (AvgIpc) is 2.27. The molecule has 0 fully saturated rings. The van der Waals surface area contributed by atoms with Crippen molar-refractivity contribution in [1.29, 1.82) is 0 Å². The van der Waals surface area contributed by atoms with E-state index in [9.17, 15) is 4.79 Å². The first kappa shape index (κ1) is 13.0. The van der Waals surface area contributed by atoms with Crippen molar-refractivity contribution in [2.24, 2.45) is 5.92 Å². The SMILES string of the molecule is COc1ccc(C(=O)C(C)C)c(OC)c1Br. The molecule has 0 saturated carbocycles. The van der Waals surface area contributed by atoms with Crippen LogP contribution < -0.4 is 9.47 Å². The molecule has 0 unspecified atom stereocenters. The first-order valence-electron chi connectivity index (χ1n) is 4.97. The van der Waals surface area contributed by atoms with Crippen LogP contribution in [0, 0.1) is 5.92 Å². The van der Waals surface area contributed by atoms with Crippen molar-refractivity contribution in [3.05, 3.63) is 22.2 Å². The third kappa shape index (κ3) is 2.38. The quantitative estimate of drug-likeness (QED) is 0.797. The van der Waals surface area contributed by atoms with Gasteiger partial charge in [-0.05, 0) is 28.1 Å². The van der Waals surface area contributed by atoms with Crippen molar-refractivity contribution in [1.82, 2.24) is 0 Å². The summed E-state index contributed by atoms with van der Waals surface area (Å²) in [4.78, 5) is 11.9. The number of ketones is 1. The highest BCUT2D eigenvalue weighted by molar-refractivity contribution is 9.10. The minimum absolute atomic E-state index is 0.0557. The van der Waals surface area contributed by atoms with Crippen molar-refractivity contribution in [3.8, 4) is 11.5 Å². The summed E-state index contributed by atoms with van der Waals surface area (Å²) in [5, 5.41) is 0. The lowest BCUT2D eigenvalue weighted by Crippen LogP contribution is -2.09. The molecule has 0 saturated heterocycles. The summed E-state index contributed by atoms with van der Waals surface area (Å²) in [5.74, 6) is 1.17. The molecule has 0 amide bonds. The van der Waals surface area contributed by atoms with Crippen LogP contribution in [0.4, 0.5) is 0 Å². The third-order valence-electron chi connectivity index (χ3n) is 2.28. The zero-order valence-corrected chi connectivity index (χ0v) is 11.4. The van der Waals surface area contributed by atoms with Crippen molar-refractivity contribution < 1.29 is 14.3 Å². The van der Waals surface area contributed by atoms with E-state index in [1.54, 1.807) is 19.2 Å². The van der Waals surface area contributed by atoms with Gasteiger partial charge in [-0.1, -0.05) is 13.8 Å². The number of ether oxygens (including phenoxy) is 2. The number of benzene rings is 1. The molecular formula is C12H15BrO3. The van der Waals surface area contributed by atoms with Gasteiger partial charge >= 0.3 is 0 Å². The minimum Gasteiger partial charge on any atom is -0.495 e. The highest BCUT2D eigenvalue weighted by Gasteiger charge is 2.19. The molecule has 16 heavy (non-hydrogen) atoms. The topological polar surface area (TPSA) is 35.5 Å². The Balaban J connectivity index is 3.31. The first-order valence-corrected chi connectivity index (χ1v) is 5.76. The standard InChI is InChI=1S/C12H15BrO3/c1-7(2)11(14)8-5-6-9(15-3)10(13)12(8)16-4/h5-7H,1-4H3. The van der Waals surface area contributed by atoms with Crippen molar-refractivity contribution in [2.75, 3.05) is 14.2 Å². The summed E-state index contributed by atoms with van der Waals surface area (Å²) in [5.41, 5.74) is 0.574. The average molecular weight is 287 g/mol. The number of carbonyl (C=O) groups is 1. The molecule has 0 radical (unpaired) electrons. The van der Waals surface area contributed by atoms with Crippen LogP contribution in [0.2, 0.25) is 0 Å². The molecule has 88 valence electrons. The zero-order chi connectivity index (χ0) is 12.3. The van der Waals surface area contributed by atoms with Crippen LogP contribution in [-0.2, 0) is 0 Å². The largest absolute Gasteiger partial charge is 0.495 e. The predicted octanol–water partition coefficient (Wildman–Crippen LogP) is 3.31. The molecule has 0 bridgehead atoms. The van der Waals surface area contributed by atoms with Crippen molar-refractivity contribution in [2.45, 2.75) is 13.8 Å². The molecule has 0 atom stereocenters. The Morgan fingerprint density at radius 3 is 2.31 bits per heavy atom. The molecule has 1 aromatic rings. The van der Waals surface area contributed by atoms with Gasteiger partial charge in [-0.2, -0.15) is 0 Å². The van der Waals surface area contributed by atoms with Gasteiger partial charge in [-0.15, -0.1) is 0 Å². The van der Waals surface area contributed by atoms with E-state index in [-0.39, 0.29) is 11.7 Å². The number of rotatable bonds is 4. The molecule has 0 heterocycles. The lowest BCUT2D eigenvalue weighted by molar-refractivity contribution is 0.0936. The van der Waals surface area contributed by atoms with Gasteiger partial charge in [-0.25, -0.2) is 0 Å². The summed E-state index contributed by atoms with van der Waals surface area (Å²) >= 11 is 3.37.